The van der Waals surface area contributed by atoms with Gasteiger partial charge in [0.15, 0.2) is 0 Å². The van der Waals surface area contributed by atoms with E-state index in [1.807, 2.05) is 97.6 Å². The Morgan fingerprint density at radius 3 is 2.28 bits per heavy atom. The van der Waals surface area contributed by atoms with Crippen LogP contribution in [0.1, 0.15) is 27.0 Å². The van der Waals surface area contributed by atoms with Crippen LogP contribution in [0.25, 0.3) is 11.0 Å². The summed E-state index contributed by atoms with van der Waals surface area (Å²) in [6, 6.07) is 30.3. The monoisotopic (exact) mass is 593 g/mol. The molecule has 1 aliphatic heterocycles. The summed E-state index contributed by atoms with van der Waals surface area (Å²) >= 11 is 0. The average Bonchev–Trinajstić information content (AvgIpc) is 3.41. The second-order valence-electron chi connectivity index (χ2n) is 11.0. The third-order valence-corrected chi connectivity index (χ3v) is 10.0. The molecule has 6 rings (SSSR count). The van der Waals surface area contributed by atoms with E-state index in [0.29, 0.717) is 43.9 Å². The highest BCUT2D eigenvalue weighted by Gasteiger charge is 2.30. The summed E-state index contributed by atoms with van der Waals surface area (Å²) in [5.41, 5.74) is 5.75. The molecule has 0 saturated carbocycles. The minimum absolute atomic E-state index is 0.0306. The number of aryl methyl sites for hydroxylation is 2. The molecule has 4 aromatic carbocycles. The second-order valence-corrected chi connectivity index (χ2v) is 12.8. The number of piperazine rings is 1. The lowest BCUT2D eigenvalue weighted by molar-refractivity contribution is 0.0746. The zero-order chi connectivity index (χ0) is 30.0. The van der Waals surface area contributed by atoms with E-state index in [1.165, 1.54) is 4.31 Å². The van der Waals surface area contributed by atoms with Crippen molar-refractivity contribution in [2.75, 3.05) is 41.9 Å². The van der Waals surface area contributed by atoms with Gasteiger partial charge in [-0.1, -0.05) is 60.7 Å². The smallest absolute Gasteiger partial charge is 0.264 e. The minimum Gasteiger partial charge on any atom is -0.464 e. The SMILES string of the molecule is Cc1ccccc1C(=O)N1CCN(c2ccccc2N(CCc2ccccc2)S(=O)(=O)c2ccc3occ(C)c3c2)CC1. The number of benzene rings is 4. The maximum absolute atomic E-state index is 14.4. The third-order valence-electron chi connectivity index (χ3n) is 8.21. The molecule has 43 heavy (non-hydrogen) atoms. The van der Waals surface area contributed by atoms with Gasteiger partial charge in [-0.2, -0.15) is 0 Å². The molecule has 1 aromatic heterocycles. The van der Waals surface area contributed by atoms with E-state index in [-0.39, 0.29) is 17.3 Å². The molecule has 0 unspecified atom stereocenters. The van der Waals surface area contributed by atoms with E-state index in [0.717, 1.165) is 33.3 Å². The summed E-state index contributed by atoms with van der Waals surface area (Å²) in [7, 11) is -3.94. The van der Waals surface area contributed by atoms with Crippen LogP contribution >= 0.6 is 0 Å². The lowest BCUT2D eigenvalue weighted by Gasteiger charge is -2.38. The van der Waals surface area contributed by atoms with Crippen LogP contribution in [0.2, 0.25) is 0 Å². The van der Waals surface area contributed by atoms with Gasteiger partial charge in [0.2, 0.25) is 0 Å². The highest BCUT2D eigenvalue weighted by molar-refractivity contribution is 7.92. The molecule has 1 aliphatic rings. The van der Waals surface area contributed by atoms with Crippen LogP contribution in [0, 0.1) is 13.8 Å². The molecule has 220 valence electrons. The van der Waals surface area contributed by atoms with Gasteiger partial charge >= 0.3 is 0 Å². The van der Waals surface area contributed by atoms with Crippen molar-refractivity contribution in [3.05, 3.63) is 126 Å². The lowest BCUT2D eigenvalue weighted by Crippen LogP contribution is -2.49. The van der Waals surface area contributed by atoms with Gasteiger partial charge < -0.3 is 14.2 Å². The highest BCUT2D eigenvalue weighted by Crippen LogP contribution is 2.35. The van der Waals surface area contributed by atoms with Crippen molar-refractivity contribution in [3.8, 4) is 0 Å². The number of fused-ring (bicyclic) bond motifs is 1. The van der Waals surface area contributed by atoms with Gasteiger partial charge in [-0.15, -0.1) is 0 Å². The fraction of sp³-hybridized carbons (Fsp3) is 0.229. The number of carbonyl (C=O) groups is 1. The molecule has 0 N–H and O–H groups in total. The molecule has 1 fully saturated rings. The number of furan rings is 1. The predicted molar refractivity (Wildman–Crippen MR) is 171 cm³/mol. The molecular weight excluding hydrogens is 558 g/mol. The first-order valence-corrected chi connectivity index (χ1v) is 16.0. The summed E-state index contributed by atoms with van der Waals surface area (Å²) < 4.78 is 36.0. The van der Waals surface area contributed by atoms with Crippen LogP contribution in [-0.4, -0.2) is 51.9 Å². The number of hydrogen-bond acceptors (Lipinski definition) is 5. The molecule has 0 spiro atoms. The maximum atomic E-state index is 14.4. The highest BCUT2D eigenvalue weighted by atomic mass is 32.2. The van der Waals surface area contributed by atoms with Gasteiger partial charge in [-0.05, 0) is 73.4 Å². The molecule has 8 heteroatoms. The lowest BCUT2D eigenvalue weighted by atomic mass is 10.1. The van der Waals surface area contributed by atoms with E-state index in [1.54, 1.807) is 24.5 Å². The van der Waals surface area contributed by atoms with Crippen molar-refractivity contribution in [2.24, 2.45) is 0 Å². The fourth-order valence-corrected chi connectivity index (χ4v) is 7.25. The molecule has 0 aliphatic carbocycles. The normalized spacial score (nSPS) is 13.8. The molecule has 5 aromatic rings. The third kappa shape index (κ3) is 5.75. The Bertz CT molecular complexity index is 1860. The van der Waals surface area contributed by atoms with Crippen molar-refractivity contribution >= 4 is 38.3 Å². The number of sulfonamides is 1. The van der Waals surface area contributed by atoms with Gasteiger partial charge in [0.1, 0.15) is 5.58 Å². The summed E-state index contributed by atoms with van der Waals surface area (Å²) in [5, 5.41) is 0.784. The Kier molecular flexibility index (Phi) is 7.95. The number of carbonyl (C=O) groups excluding carboxylic acids is 1. The van der Waals surface area contributed by atoms with E-state index >= 15 is 0 Å². The van der Waals surface area contributed by atoms with Crippen molar-refractivity contribution < 1.29 is 17.6 Å². The number of amides is 1. The average molecular weight is 594 g/mol. The van der Waals surface area contributed by atoms with Gasteiger partial charge in [-0.25, -0.2) is 8.42 Å². The first-order chi connectivity index (χ1) is 20.8. The van der Waals surface area contributed by atoms with Crippen LogP contribution in [-0.2, 0) is 16.4 Å². The van der Waals surface area contributed by atoms with Crippen LogP contribution < -0.4 is 9.21 Å². The van der Waals surface area contributed by atoms with Crippen molar-refractivity contribution in [1.29, 1.82) is 0 Å². The number of hydrogen-bond donors (Lipinski definition) is 0. The Morgan fingerprint density at radius 2 is 1.51 bits per heavy atom. The van der Waals surface area contributed by atoms with Gasteiger partial charge in [0.25, 0.3) is 15.9 Å². The first kappa shape index (κ1) is 28.6. The summed E-state index contributed by atoms with van der Waals surface area (Å²) in [6.07, 6.45) is 2.20. The van der Waals surface area contributed by atoms with E-state index in [2.05, 4.69) is 4.90 Å². The molecular formula is C35H35N3O4S. The topological polar surface area (TPSA) is 74.1 Å². The van der Waals surface area contributed by atoms with Crippen LogP contribution in [0.4, 0.5) is 11.4 Å². The van der Waals surface area contributed by atoms with Gasteiger partial charge in [0, 0.05) is 43.7 Å². The molecule has 1 amide bonds. The zero-order valence-corrected chi connectivity index (χ0v) is 25.3. The van der Waals surface area contributed by atoms with Gasteiger partial charge in [0.05, 0.1) is 22.5 Å². The Balaban J connectivity index is 1.32. The van der Waals surface area contributed by atoms with E-state index < -0.39 is 10.0 Å². The van der Waals surface area contributed by atoms with Crippen molar-refractivity contribution in [2.45, 2.75) is 25.2 Å². The Morgan fingerprint density at radius 1 is 0.814 bits per heavy atom. The van der Waals surface area contributed by atoms with Crippen molar-refractivity contribution in [3.63, 3.8) is 0 Å². The predicted octanol–water partition coefficient (Wildman–Crippen LogP) is 6.45. The van der Waals surface area contributed by atoms with Crippen LogP contribution in [0.15, 0.2) is 113 Å². The zero-order valence-electron chi connectivity index (χ0n) is 24.4. The molecule has 0 bridgehead atoms. The largest absolute Gasteiger partial charge is 0.464 e. The minimum atomic E-state index is -3.94. The summed E-state index contributed by atoms with van der Waals surface area (Å²) in [5.74, 6) is 0.0306. The molecule has 0 radical (unpaired) electrons. The first-order valence-electron chi connectivity index (χ1n) is 14.6. The Labute approximate surface area is 253 Å². The fourth-order valence-electron chi connectivity index (χ4n) is 5.74. The number of anilines is 2. The molecule has 2 heterocycles. The Hall–Kier alpha value is -4.56. The number of nitrogens with zero attached hydrogens (tertiary/aromatic N) is 3. The maximum Gasteiger partial charge on any atom is 0.264 e. The summed E-state index contributed by atoms with van der Waals surface area (Å²) in [6.45, 7) is 6.44. The standard InChI is InChI=1S/C35H35N3O4S/c1-26-10-6-7-13-30(26)35(39)37-22-20-36(21-23-37)32-14-8-9-15-33(32)38(19-18-28-11-4-3-5-12-28)43(40,41)29-16-17-34-31(24-29)27(2)25-42-34/h3-17,24-25H,18-23H2,1-2H3. The van der Waals surface area contributed by atoms with Crippen molar-refractivity contribution in [1.82, 2.24) is 4.90 Å². The summed E-state index contributed by atoms with van der Waals surface area (Å²) in [4.78, 5) is 17.5. The van der Waals surface area contributed by atoms with E-state index in [9.17, 15) is 13.2 Å². The second kappa shape index (κ2) is 12.0. The van der Waals surface area contributed by atoms with Gasteiger partial charge in [-0.3, -0.25) is 9.10 Å². The van der Waals surface area contributed by atoms with Crippen LogP contribution in [0.3, 0.4) is 0 Å². The van der Waals surface area contributed by atoms with E-state index in [4.69, 9.17) is 4.42 Å². The molecule has 0 atom stereocenters. The van der Waals surface area contributed by atoms with Crippen LogP contribution in [0.5, 0.6) is 0 Å². The number of rotatable bonds is 8. The number of para-hydroxylation sites is 2. The molecule has 1 saturated heterocycles. The quantitative estimate of drug-likeness (QED) is 0.207. The molecule has 7 nitrogen and oxygen atoms in total.